The van der Waals surface area contributed by atoms with Crippen molar-refractivity contribution in [2.24, 2.45) is 0 Å². The molecule has 0 aliphatic rings. The first kappa shape index (κ1) is 14.5. The van der Waals surface area contributed by atoms with Crippen LogP contribution in [-0.4, -0.2) is 12.6 Å². The van der Waals surface area contributed by atoms with Gasteiger partial charge in [0.05, 0.1) is 12.2 Å². The van der Waals surface area contributed by atoms with Crippen molar-refractivity contribution in [3.05, 3.63) is 32.9 Å². The highest BCUT2D eigenvalue weighted by Gasteiger charge is 2.08. The number of ether oxygens (including phenoxy) is 1. The van der Waals surface area contributed by atoms with E-state index in [0.717, 1.165) is 9.99 Å². The fourth-order valence-electron chi connectivity index (χ4n) is 1.66. The molecule has 0 bridgehead atoms. The number of esters is 1. The Morgan fingerprint density at radius 3 is 2.65 bits per heavy atom. The summed E-state index contributed by atoms with van der Waals surface area (Å²) < 4.78 is 6.14. The Morgan fingerprint density at radius 1 is 1.29 bits per heavy atom. The van der Waals surface area contributed by atoms with Crippen molar-refractivity contribution in [1.82, 2.24) is 0 Å². The molecule has 3 heteroatoms. The first-order valence-corrected chi connectivity index (χ1v) is 7.22. The Balaban J connectivity index is 2.68. The number of benzene rings is 1. The number of aryl methyl sites for hydroxylation is 1. The fraction of sp³-hybridized carbons (Fsp3) is 0.500. The molecule has 1 rings (SSSR count). The monoisotopic (exact) mass is 346 g/mol. The second-order valence-electron chi connectivity index (χ2n) is 3.98. The van der Waals surface area contributed by atoms with Crippen molar-refractivity contribution in [2.75, 3.05) is 6.61 Å². The van der Waals surface area contributed by atoms with Crippen LogP contribution in [0, 0.1) is 3.57 Å². The van der Waals surface area contributed by atoms with Crippen molar-refractivity contribution in [3.63, 3.8) is 0 Å². The minimum absolute atomic E-state index is 0.231. The topological polar surface area (TPSA) is 26.3 Å². The third-order valence-electron chi connectivity index (χ3n) is 2.61. The molecule has 2 nitrogen and oxygen atoms in total. The van der Waals surface area contributed by atoms with Gasteiger partial charge in [-0.2, -0.15) is 0 Å². The van der Waals surface area contributed by atoms with Crippen LogP contribution < -0.4 is 0 Å². The van der Waals surface area contributed by atoms with Gasteiger partial charge in [0.2, 0.25) is 0 Å². The third-order valence-corrected chi connectivity index (χ3v) is 3.62. The van der Waals surface area contributed by atoms with E-state index in [1.165, 1.54) is 24.8 Å². The molecule has 0 saturated heterocycles. The number of carbonyl (C=O) groups is 1. The molecule has 94 valence electrons. The first-order valence-electron chi connectivity index (χ1n) is 6.14. The summed E-state index contributed by atoms with van der Waals surface area (Å²) in [5.74, 6) is -0.231. The summed E-state index contributed by atoms with van der Waals surface area (Å²) in [6.07, 6.45) is 4.80. The van der Waals surface area contributed by atoms with E-state index in [-0.39, 0.29) is 5.97 Å². The minimum atomic E-state index is -0.231. The molecule has 0 radical (unpaired) electrons. The largest absolute Gasteiger partial charge is 0.462 e. The normalized spacial score (nSPS) is 10.3. The fourth-order valence-corrected chi connectivity index (χ4v) is 2.44. The van der Waals surface area contributed by atoms with E-state index in [4.69, 9.17) is 4.74 Å². The Kier molecular flexibility index (Phi) is 6.55. The Morgan fingerprint density at radius 2 is 2.06 bits per heavy atom. The average molecular weight is 346 g/mol. The van der Waals surface area contributed by atoms with Crippen molar-refractivity contribution < 1.29 is 9.53 Å². The van der Waals surface area contributed by atoms with Crippen LogP contribution in [0.5, 0.6) is 0 Å². The number of rotatable bonds is 6. The molecular formula is C14H19IO2. The van der Waals surface area contributed by atoms with Gasteiger partial charge in [0, 0.05) is 3.57 Å². The van der Waals surface area contributed by atoms with Gasteiger partial charge >= 0.3 is 5.97 Å². The molecule has 0 heterocycles. The first-order chi connectivity index (χ1) is 8.19. The van der Waals surface area contributed by atoms with E-state index in [9.17, 15) is 4.79 Å². The van der Waals surface area contributed by atoms with E-state index >= 15 is 0 Å². The molecule has 1 aromatic rings. The smallest absolute Gasteiger partial charge is 0.338 e. The van der Waals surface area contributed by atoms with Gasteiger partial charge < -0.3 is 4.74 Å². The van der Waals surface area contributed by atoms with Crippen molar-refractivity contribution in [1.29, 1.82) is 0 Å². The predicted octanol–water partition coefficient (Wildman–Crippen LogP) is 4.20. The third kappa shape index (κ3) is 4.66. The summed E-state index contributed by atoms with van der Waals surface area (Å²) in [6, 6.07) is 5.82. The molecule has 0 saturated carbocycles. The average Bonchev–Trinajstić information content (AvgIpc) is 2.31. The number of hydrogen-bond donors (Lipinski definition) is 0. The van der Waals surface area contributed by atoms with E-state index in [1.807, 2.05) is 25.1 Å². The molecular weight excluding hydrogens is 327 g/mol. The number of halogens is 1. The van der Waals surface area contributed by atoms with Gasteiger partial charge in [0.15, 0.2) is 0 Å². The molecule has 0 aliphatic carbocycles. The molecule has 0 aliphatic heterocycles. The lowest BCUT2D eigenvalue weighted by Gasteiger charge is -2.07. The van der Waals surface area contributed by atoms with Crippen LogP contribution in [-0.2, 0) is 11.2 Å². The van der Waals surface area contributed by atoms with Crippen molar-refractivity contribution >= 4 is 28.6 Å². The molecule has 0 N–H and O–H groups in total. The molecule has 17 heavy (non-hydrogen) atoms. The van der Waals surface area contributed by atoms with Crippen LogP contribution in [0.15, 0.2) is 18.2 Å². The maximum atomic E-state index is 11.5. The second-order valence-corrected chi connectivity index (χ2v) is 5.15. The number of hydrogen-bond acceptors (Lipinski definition) is 2. The van der Waals surface area contributed by atoms with Gasteiger partial charge in [-0.25, -0.2) is 4.79 Å². The van der Waals surface area contributed by atoms with Crippen molar-refractivity contribution in [2.45, 2.75) is 39.5 Å². The Labute approximate surface area is 117 Å². The zero-order chi connectivity index (χ0) is 12.7. The Hall–Kier alpha value is -0.580. The van der Waals surface area contributed by atoms with E-state index in [1.54, 1.807) is 0 Å². The molecule has 1 aromatic carbocycles. The zero-order valence-electron chi connectivity index (χ0n) is 10.5. The number of carbonyl (C=O) groups excluding carboxylic acids is 1. The maximum absolute atomic E-state index is 11.5. The van der Waals surface area contributed by atoms with Crippen LogP contribution in [0.3, 0.4) is 0 Å². The van der Waals surface area contributed by atoms with Gasteiger partial charge in [0.25, 0.3) is 0 Å². The maximum Gasteiger partial charge on any atom is 0.338 e. The standard InChI is InChI=1S/C14H19IO2/c1-3-5-6-7-11-8-9-12(10-13(11)15)14(16)17-4-2/h8-10H,3-7H2,1-2H3. The summed E-state index contributed by atoms with van der Waals surface area (Å²) in [6.45, 7) is 4.45. The van der Waals surface area contributed by atoms with E-state index in [2.05, 4.69) is 29.5 Å². The lowest BCUT2D eigenvalue weighted by Crippen LogP contribution is -2.05. The van der Waals surface area contributed by atoms with Crippen LogP contribution >= 0.6 is 22.6 Å². The zero-order valence-corrected chi connectivity index (χ0v) is 12.6. The predicted molar refractivity (Wildman–Crippen MR) is 78.3 cm³/mol. The van der Waals surface area contributed by atoms with Gasteiger partial charge in [-0.15, -0.1) is 0 Å². The lowest BCUT2D eigenvalue weighted by molar-refractivity contribution is 0.0526. The summed E-state index contributed by atoms with van der Waals surface area (Å²) >= 11 is 2.29. The van der Waals surface area contributed by atoms with E-state index < -0.39 is 0 Å². The molecule has 0 atom stereocenters. The van der Waals surface area contributed by atoms with E-state index in [0.29, 0.717) is 12.2 Å². The van der Waals surface area contributed by atoms with Gasteiger partial charge in [-0.3, -0.25) is 0 Å². The van der Waals surface area contributed by atoms with Gasteiger partial charge in [-0.05, 0) is 60.1 Å². The van der Waals surface area contributed by atoms with Crippen LogP contribution in [0.25, 0.3) is 0 Å². The highest BCUT2D eigenvalue weighted by molar-refractivity contribution is 14.1. The SMILES string of the molecule is CCCCCc1ccc(C(=O)OCC)cc1I. The molecule has 0 fully saturated rings. The molecule has 0 spiro atoms. The highest BCUT2D eigenvalue weighted by Crippen LogP contribution is 2.18. The van der Waals surface area contributed by atoms with Gasteiger partial charge in [-0.1, -0.05) is 25.8 Å². The highest BCUT2D eigenvalue weighted by atomic mass is 127. The quantitative estimate of drug-likeness (QED) is 0.438. The number of unbranched alkanes of at least 4 members (excludes halogenated alkanes) is 2. The summed E-state index contributed by atoms with van der Waals surface area (Å²) in [7, 11) is 0. The molecule has 0 amide bonds. The summed E-state index contributed by atoms with van der Waals surface area (Å²) in [5, 5.41) is 0. The minimum Gasteiger partial charge on any atom is -0.462 e. The molecule has 0 aromatic heterocycles. The van der Waals surface area contributed by atoms with Gasteiger partial charge in [0.1, 0.15) is 0 Å². The van der Waals surface area contributed by atoms with Crippen molar-refractivity contribution in [3.8, 4) is 0 Å². The van der Waals surface area contributed by atoms with Crippen LogP contribution in [0.4, 0.5) is 0 Å². The summed E-state index contributed by atoms with van der Waals surface area (Å²) in [5.41, 5.74) is 1.97. The molecule has 0 unspecified atom stereocenters. The van der Waals surface area contributed by atoms with Crippen LogP contribution in [0.1, 0.15) is 49.0 Å². The summed E-state index contributed by atoms with van der Waals surface area (Å²) in [4.78, 5) is 11.5. The Bertz CT molecular complexity index is 374. The lowest BCUT2D eigenvalue weighted by atomic mass is 10.1. The second kappa shape index (κ2) is 7.69. The van der Waals surface area contributed by atoms with Crippen LogP contribution in [0.2, 0.25) is 0 Å².